The Morgan fingerprint density at radius 1 is 1.10 bits per heavy atom. The molecule has 0 aromatic rings. The van der Waals surface area contributed by atoms with E-state index in [1.165, 1.54) is 0 Å². The van der Waals surface area contributed by atoms with E-state index in [9.17, 15) is 0 Å². The normalized spacial score (nSPS) is 14.4. The second-order valence-corrected chi connectivity index (χ2v) is 22.0. The summed E-state index contributed by atoms with van der Waals surface area (Å²) in [6.07, 6.45) is 0. The Hall–Kier alpha value is 1.89. The van der Waals surface area contributed by atoms with E-state index >= 15 is 0 Å². The van der Waals surface area contributed by atoms with Gasteiger partial charge in [0.2, 0.25) is 0 Å². The largest absolute Gasteiger partial charge is 0.166 e. The van der Waals surface area contributed by atoms with Gasteiger partial charge >= 0.3 is 0 Å². The van der Waals surface area contributed by atoms with Gasteiger partial charge in [0, 0.05) is 0 Å². The van der Waals surface area contributed by atoms with Crippen LogP contribution in [0, 0.1) is 0 Å². The number of hydrogen-bond acceptors (Lipinski definition) is 0. The molecule has 0 rings (SSSR count). The average molecular weight is 385 g/mol. The van der Waals surface area contributed by atoms with Crippen LogP contribution in [-0.2, 0) is 0 Å². The molecule has 0 aliphatic carbocycles. The summed E-state index contributed by atoms with van der Waals surface area (Å²) in [5.74, 6) is 0. The van der Waals surface area contributed by atoms with E-state index in [-0.39, 0.29) is 0 Å². The van der Waals surface area contributed by atoms with E-state index < -0.39 is 2.55 Å². The lowest BCUT2D eigenvalue weighted by Crippen LogP contribution is -2.17. The van der Waals surface area contributed by atoms with E-state index in [0.29, 0.717) is 5.16 Å². The molecule has 0 unspecified atom stereocenters. The van der Waals surface area contributed by atoms with Crippen molar-refractivity contribution in [1.29, 1.82) is 0 Å². The SMILES string of the molecule is CC(C)[P+](I)(I)C(C)(C)C. The minimum Gasteiger partial charge on any atom is -0.0272 e. The van der Waals surface area contributed by atoms with Crippen LogP contribution in [0.4, 0.5) is 0 Å². The molecule has 0 bridgehead atoms. The van der Waals surface area contributed by atoms with Crippen molar-refractivity contribution < 1.29 is 0 Å². The minimum atomic E-state index is -0.758. The molecule has 0 fully saturated rings. The van der Waals surface area contributed by atoms with Crippen LogP contribution in [-0.4, -0.2) is 10.8 Å². The van der Waals surface area contributed by atoms with Crippen molar-refractivity contribution in [3.05, 3.63) is 0 Å². The second kappa shape index (κ2) is 3.73. The zero-order chi connectivity index (χ0) is 8.58. The fourth-order valence-electron chi connectivity index (χ4n) is 0.775. The van der Waals surface area contributed by atoms with Gasteiger partial charge in [0.1, 0.15) is 2.55 Å². The molecule has 0 spiro atoms. The Morgan fingerprint density at radius 2 is 1.40 bits per heavy atom. The van der Waals surface area contributed by atoms with E-state index in [2.05, 4.69) is 78.7 Å². The first-order valence-corrected chi connectivity index (χ1v) is 10.9. The lowest BCUT2D eigenvalue weighted by atomic mass is 10.3. The molecule has 0 aliphatic rings. The predicted molar refractivity (Wildman–Crippen MR) is 69.8 cm³/mol. The van der Waals surface area contributed by atoms with Gasteiger partial charge in [-0.2, -0.15) is 0 Å². The van der Waals surface area contributed by atoms with Crippen LogP contribution >= 0.6 is 46.6 Å². The highest BCUT2D eigenvalue weighted by atomic mass is 127. The fraction of sp³-hybridized carbons (Fsp3) is 1.00. The highest BCUT2D eigenvalue weighted by Crippen LogP contribution is 2.84. The van der Waals surface area contributed by atoms with Crippen LogP contribution in [0.3, 0.4) is 0 Å². The molecule has 0 nitrogen and oxygen atoms in total. The molecule has 10 heavy (non-hydrogen) atoms. The Kier molecular flexibility index (Phi) is 4.44. The molecule has 0 amide bonds. The van der Waals surface area contributed by atoms with Crippen LogP contribution < -0.4 is 0 Å². The van der Waals surface area contributed by atoms with Crippen molar-refractivity contribution in [1.82, 2.24) is 0 Å². The van der Waals surface area contributed by atoms with Gasteiger partial charge in [-0.3, -0.25) is 0 Å². The van der Waals surface area contributed by atoms with Crippen LogP contribution in [0.2, 0.25) is 0 Å². The first kappa shape index (κ1) is 11.9. The molecule has 0 radical (unpaired) electrons. The Morgan fingerprint density at radius 3 is 1.40 bits per heavy atom. The molecule has 0 saturated carbocycles. The highest BCUT2D eigenvalue weighted by Gasteiger charge is 2.48. The van der Waals surface area contributed by atoms with Crippen LogP contribution in [0.5, 0.6) is 0 Å². The first-order valence-electron chi connectivity index (χ1n) is 3.47. The zero-order valence-electron chi connectivity index (χ0n) is 7.28. The summed E-state index contributed by atoms with van der Waals surface area (Å²) in [4.78, 5) is 0. The van der Waals surface area contributed by atoms with Crippen LogP contribution in [0.25, 0.3) is 0 Å². The van der Waals surface area contributed by atoms with Crippen molar-refractivity contribution in [2.45, 2.75) is 45.4 Å². The van der Waals surface area contributed by atoms with Crippen molar-refractivity contribution in [3.8, 4) is 0 Å². The molecule has 0 N–H and O–H groups in total. The lowest BCUT2D eigenvalue weighted by molar-refractivity contribution is 0.781. The van der Waals surface area contributed by atoms with Gasteiger partial charge in [-0.25, -0.2) is 0 Å². The Labute approximate surface area is 91.2 Å². The quantitative estimate of drug-likeness (QED) is 0.445. The summed E-state index contributed by atoms with van der Waals surface area (Å²) in [6, 6.07) is 0. The fourth-order valence-corrected chi connectivity index (χ4v) is 2.32. The summed E-state index contributed by atoms with van der Waals surface area (Å²) in [5, 5.41) is 0.502. The summed E-state index contributed by atoms with van der Waals surface area (Å²) in [5.41, 5.74) is 0.841. The van der Waals surface area contributed by atoms with Gasteiger partial charge in [0.25, 0.3) is 0 Å². The predicted octanol–water partition coefficient (Wildman–Crippen LogP) is 4.91. The highest BCUT2D eigenvalue weighted by molar-refractivity contribution is 14.3. The lowest BCUT2D eigenvalue weighted by Gasteiger charge is -2.29. The van der Waals surface area contributed by atoms with Gasteiger partial charge in [-0.15, -0.1) is 0 Å². The molecule has 0 heterocycles. The van der Waals surface area contributed by atoms with Crippen LogP contribution in [0.15, 0.2) is 0 Å². The van der Waals surface area contributed by atoms with E-state index in [4.69, 9.17) is 0 Å². The molecule has 0 aromatic heterocycles. The summed E-state index contributed by atoms with van der Waals surface area (Å²) in [7, 11) is 0. The second-order valence-electron chi connectivity index (χ2n) is 3.82. The topological polar surface area (TPSA) is 0 Å². The average Bonchev–Trinajstić information content (AvgIpc) is 1.62. The molecule has 0 aromatic carbocycles. The number of halogens is 2. The molecule has 62 valence electrons. The van der Waals surface area contributed by atoms with Gasteiger partial charge in [0.05, 0.1) is 10.8 Å². The molecule has 0 saturated heterocycles. The smallest absolute Gasteiger partial charge is 0.0272 e. The maximum atomic E-state index is 2.67. The van der Waals surface area contributed by atoms with Gasteiger partial charge in [0.15, 0.2) is 44.1 Å². The maximum Gasteiger partial charge on any atom is 0.166 e. The molecular formula is C7H16I2P+. The van der Waals surface area contributed by atoms with Crippen LogP contribution in [0.1, 0.15) is 34.6 Å². The molecule has 0 atom stereocenters. The number of hydrogen-bond donors (Lipinski definition) is 0. The van der Waals surface area contributed by atoms with Gasteiger partial charge in [-0.05, 0) is 34.6 Å². The third-order valence-electron chi connectivity index (χ3n) is 1.54. The van der Waals surface area contributed by atoms with E-state index in [0.717, 1.165) is 5.66 Å². The Bertz CT molecular complexity index is 113. The molecule has 0 aliphatic heterocycles. The maximum absolute atomic E-state index is 2.67. The third-order valence-corrected chi connectivity index (χ3v) is 20.0. The summed E-state index contributed by atoms with van der Waals surface area (Å²) >= 11 is 5.34. The minimum absolute atomic E-state index is 0.502. The van der Waals surface area contributed by atoms with Crippen molar-refractivity contribution in [3.63, 3.8) is 0 Å². The zero-order valence-corrected chi connectivity index (χ0v) is 12.5. The third kappa shape index (κ3) is 2.74. The standard InChI is InChI=1S/C7H16I2P/c1-6(2)10(8,9)7(3,4)5/h6H,1-5H3/q+1. The van der Waals surface area contributed by atoms with Crippen molar-refractivity contribution >= 4 is 46.6 Å². The number of rotatable bonds is 1. The van der Waals surface area contributed by atoms with E-state index in [1.54, 1.807) is 0 Å². The summed E-state index contributed by atoms with van der Waals surface area (Å²) in [6.45, 7) is 11.7. The monoisotopic (exact) mass is 385 g/mol. The first-order chi connectivity index (χ1) is 4.19. The molecular weight excluding hydrogens is 369 g/mol. The van der Waals surface area contributed by atoms with Gasteiger partial charge < -0.3 is 0 Å². The van der Waals surface area contributed by atoms with Crippen molar-refractivity contribution in [2.75, 3.05) is 0 Å². The van der Waals surface area contributed by atoms with E-state index in [1.807, 2.05) is 0 Å². The van der Waals surface area contributed by atoms with Gasteiger partial charge in [-0.1, -0.05) is 0 Å². The Balaban J connectivity index is 4.40. The van der Waals surface area contributed by atoms with Crippen molar-refractivity contribution in [2.24, 2.45) is 0 Å². The molecule has 3 heteroatoms. The summed E-state index contributed by atoms with van der Waals surface area (Å²) < 4.78 is -0.758.